The zero-order valence-electron chi connectivity index (χ0n) is 10.3. The molecule has 1 unspecified atom stereocenters. The zero-order valence-corrected chi connectivity index (χ0v) is 10.3. The monoisotopic (exact) mass is 230 g/mol. The summed E-state index contributed by atoms with van der Waals surface area (Å²) in [7, 11) is 4.08. The Balaban J connectivity index is 2.24. The summed E-state index contributed by atoms with van der Waals surface area (Å²) in [5.74, 6) is 0. The summed E-state index contributed by atoms with van der Waals surface area (Å²) in [6.45, 7) is 0.639. The molecule has 2 N–H and O–H groups in total. The van der Waals surface area contributed by atoms with Gasteiger partial charge in [0.1, 0.15) is 0 Å². The second-order valence-electron chi connectivity index (χ2n) is 4.40. The molecule has 0 spiro atoms. The molecule has 0 amide bonds. The Kier molecular flexibility index (Phi) is 3.66. The maximum absolute atomic E-state index is 5.75. The van der Waals surface area contributed by atoms with E-state index in [2.05, 4.69) is 14.9 Å². The lowest BCUT2D eigenvalue weighted by Gasteiger charge is -2.22. The van der Waals surface area contributed by atoms with Crippen molar-refractivity contribution >= 4 is 11.0 Å². The first-order chi connectivity index (χ1) is 8.20. The van der Waals surface area contributed by atoms with E-state index < -0.39 is 0 Å². The molecule has 0 fully saturated rings. The first kappa shape index (κ1) is 12.0. The summed E-state index contributed by atoms with van der Waals surface area (Å²) in [5, 5.41) is 0. The predicted octanol–water partition coefficient (Wildman–Crippen LogP) is 1.06. The lowest BCUT2D eigenvalue weighted by Crippen LogP contribution is -2.37. The molecule has 2 rings (SSSR count). The van der Waals surface area contributed by atoms with Gasteiger partial charge < -0.3 is 10.6 Å². The van der Waals surface area contributed by atoms with Gasteiger partial charge in [0.15, 0.2) is 0 Å². The van der Waals surface area contributed by atoms with Crippen molar-refractivity contribution in [1.29, 1.82) is 0 Å². The van der Waals surface area contributed by atoms with Gasteiger partial charge in [0.05, 0.1) is 11.0 Å². The van der Waals surface area contributed by atoms with E-state index in [4.69, 9.17) is 5.73 Å². The molecule has 0 bridgehead atoms. The van der Waals surface area contributed by atoms with Crippen molar-refractivity contribution in [2.45, 2.75) is 12.5 Å². The van der Waals surface area contributed by atoms with Crippen LogP contribution in [0, 0.1) is 0 Å². The number of aromatic nitrogens is 2. The van der Waals surface area contributed by atoms with Crippen LogP contribution >= 0.6 is 0 Å². The van der Waals surface area contributed by atoms with Crippen LogP contribution in [0.2, 0.25) is 0 Å². The molecule has 0 saturated heterocycles. The number of fused-ring (bicyclic) bond motifs is 1. The van der Waals surface area contributed by atoms with E-state index in [1.807, 2.05) is 38.4 Å². The highest BCUT2D eigenvalue weighted by Gasteiger charge is 2.11. The lowest BCUT2D eigenvalue weighted by molar-refractivity contribution is 0.296. The third kappa shape index (κ3) is 2.78. The van der Waals surface area contributed by atoms with Crippen molar-refractivity contribution in [3.8, 4) is 0 Å². The quantitative estimate of drug-likeness (QED) is 0.853. The van der Waals surface area contributed by atoms with Crippen LogP contribution < -0.4 is 5.73 Å². The molecule has 0 aliphatic rings. The van der Waals surface area contributed by atoms with E-state index in [0.29, 0.717) is 12.6 Å². The smallest absolute Gasteiger partial charge is 0.0890 e. The Hall–Kier alpha value is -1.52. The Morgan fingerprint density at radius 1 is 1.24 bits per heavy atom. The van der Waals surface area contributed by atoms with Gasteiger partial charge in [0.2, 0.25) is 0 Å². The van der Waals surface area contributed by atoms with Crippen molar-refractivity contribution < 1.29 is 0 Å². The highest BCUT2D eigenvalue weighted by atomic mass is 15.1. The summed E-state index contributed by atoms with van der Waals surface area (Å²) in [6.07, 6.45) is 2.65. The minimum atomic E-state index is 0.330. The SMILES string of the molecule is CN(C)C(CN)Cc1ccc2ncccc2n1. The molecule has 2 heterocycles. The molecular weight excluding hydrogens is 212 g/mol. The normalized spacial score (nSPS) is 13.2. The fourth-order valence-corrected chi connectivity index (χ4v) is 1.83. The summed E-state index contributed by atoms with van der Waals surface area (Å²) in [4.78, 5) is 11.0. The van der Waals surface area contributed by atoms with Gasteiger partial charge in [-0.15, -0.1) is 0 Å². The first-order valence-corrected chi connectivity index (χ1v) is 5.78. The lowest BCUT2D eigenvalue weighted by atomic mass is 10.1. The molecule has 4 heteroatoms. The van der Waals surface area contributed by atoms with Crippen LogP contribution in [0.1, 0.15) is 5.69 Å². The first-order valence-electron chi connectivity index (χ1n) is 5.78. The van der Waals surface area contributed by atoms with Gasteiger partial charge in [-0.2, -0.15) is 0 Å². The van der Waals surface area contributed by atoms with Crippen LogP contribution in [0.25, 0.3) is 11.0 Å². The predicted molar refractivity (Wildman–Crippen MR) is 69.8 cm³/mol. The molecule has 0 aromatic carbocycles. The average Bonchev–Trinajstić information content (AvgIpc) is 2.35. The molecule has 0 radical (unpaired) electrons. The maximum atomic E-state index is 5.75. The number of hydrogen-bond acceptors (Lipinski definition) is 4. The molecule has 2 aromatic rings. The van der Waals surface area contributed by atoms with Gasteiger partial charge in [0.25, 0.3) is 0 Å². The van der Waals surface area contributed by atoms with Crippen molar-refractivity contribution in [2.75, 3.05) is 20.6 Å². The van der Waals surface area contributed by atoms with Gasteiger partial charge in [-0.3, -0.25) is 9.97 Å². The third-order valence-corrected chi connectivity index (χ3v) is 2.96. The number of hydrogen-bond donors (Lipinski definition) is 1. The molecule has 0 aliphatic heterocycles. The van der Waals surface area contributed by atoms with E-state index in [9.17, 15) is 0 Å². The zero-order chi connectivity index (χ0) is 12.3. The summed E-state index contributed by atoms with van der Waals surface area (Å²) >= 11 is 0. The van der Waals surface area contributed by atoms with Crippen molar-refractivity contribution in [1.82, 2.24) is 14.9 Å². The van der Waals surface area contributed by atoms with Gasteiger partial charge in [-0.1, -0.05) is 0 Å². The molecule has 4 nitrogen and oxygen atoms in total. The topological polar surface area (TPSA) is 55.0 Å². The minimum absolute atomic E-state index is 0.330. The maximum Gasteiger partial charge on any atom is 0.0890 e. The minimum Gasteiger partial charge on any atom is -0.329 e. The molecule has 0 saturated carbocycles. The fraction of sp³-hybridized carbons (Fsp3) is 0.385. The number of pyridine rings is 2. The van der Waals surface area contributed by atoms with Crippen LogP contribution in [-0.4, -0.2) is 41.5 Å². The summed E-state index contributed by atoms with van der Waals surface area (Å²) < 4.78 is 0. The number of rotatable bonds is 4. The second kappa shape index (κ2) is 5.21. The van der Waals surface area contributed by atoms with E-state index in [1.165, 1.54) is 0 Å². The van der Waals surface area contributed by atoms with E-state index >= 15 is 0 Å². The largest absolute Gasteiger partial charge is 0.329 e. The Labute approximate surface area is 101 Å². The Bertz CT molecular complexity index is 495. The van der Waals surface area contributed by atoms with Crippen molar-refractivity contribution in [3.05, 3.63) is 36.2 Å². The van der Waals surface area contributed by atoms with E-state index in [0.717, 1.165) is 23.1 Å². The summed E-state index contributed by atoms with van der Waals surface area (Å²) in [6, 6.07) is 8.27. The number of nitrogens with zero attached hydrogens (tertiary/aromatic N) is 3. The van der Waals surface area contributed by atoms with Crippen LogP contribution in [0.5, 0.6) is 0 Å². The molecule has 17 heavy (non-hydrogen) atoms. The van der Waals surface area contributed by atoms with E-state index in [-0.39, 0.29) is 0 Å². The molecule has 90 valence electrons. The third-order valence-electron chi connectivity index (χ3n) is 2.96. The fourth-order valence-electron chi connectivity index (χ4n) is 1.83. The number of likely N-dealkylation sites (N-methyl/N-ethyl adjacent to an activating group) is 1. The van der Waals surface area contributed by atoms with Gasteiger partial charge >= 0.3 is 0 Å². The highest BCUT2D eigenvalue weighted by Crippen LogP contribution is 2.11. The highest BCUT2D eigenvalue weighted by molar-refractivity contribution is 5.73. The van der Waals surface area contributed by atoms with Gasteiger partial charge in [-0.05, 0) is 38.4 Å². The Morgan fingerprint density at radius 2 is 2.06 bits per heavy atom. The molecule has 0 aliphatic carbocycles. The standard InChI is InChI=1S/C13H18N4/c1-17(2)11(9-14)8-10-5-6-12-13(16-10)4-3-7-15-12/h3-7,11H,8-9,14H2,1-2H3. The number of nitrogens with two attached hydrogens (primary N) is 1. The van der Waals surface area contributed by atoms with Gasteiger partial charge in [0, 0.05) is 30.9 Å². The second-order valence-corrected chi connectivity index (χ2v) is 4.40. The molecule has 2 aromatic heterocycles. The molecular formula is C13H18N4. The van der Waals surface area contributed by atoms with Crippen LogP contribution in [0.15, 0.2) is 30.5 Å². The van der Waals surface area contributed by atoms with Crippen LogP contribution in [0.3, 0.4) is 0 Å². The van der Waals surface area contributed by atoms with Crippen LogP contribution in [-0.2, 0) is 6.42 Å². The molecule has 1 atom stereocenters. The average molecular weight is 230 g/mol. The van der Waals surface area contributed by atoms with Gasteiger partial charge in [-0.25, -0.2) is 0 Å². The summed E-state index contributed by atoms with van der Waals surface area (Å²) in [5.41, 5.74) is 8.70. The van der Waals surface area contributed by atoms with Crippen molar-refractivity contribution in [3.63, 3.8) is 0 Å². The Morgan fingerprint density at radius 3 is 2.76 bits per heavy atom. The van der Waals surface area contributed by atoms with E-state index in [1.54, 1.807) is 6.20 Å². The van der Waals surface area contributed by atoms with Crippen LogP contribution in [0.4, 0.5) is 0 Å². The van der Waals surface area contributed by atoms with Crippen molar-refractivity contribution in [2.24, 2.45) is 5.73 Å².